The van der Waals surface area contributed by atoms with Gasteiger partial charge in [0.05, 0.1) is 19.8 Å². The second-order valence-corrected chi connectivity index (χ2v) is 8.20. The van der Waals surface area contributed by atoms with Crippen molar-refractivity contribution in [3.63, 3.8) is 0 Å². The Bertz CT molecular complexity index is 1110. The van der Waals surface area contributed by atoms with Gasteiger partial charge in [-0.2, -0.15) is 0 Å². The highest BCUT2D eigenvalue weighted by Crippen LogP contribution is 2.37. The monoisotopic (exact) mass is 406 g/mol. The molecule has 2 aromatic heterocycles. The quantitative estimate of drug-likeness (QED) is 0.705. The molecule has 0 unspecified atom stereocenters. The Hall–Kier alpha value is -3.06. The van der Waals surface area contributed by atoms with Crippen molar-refractivity contribution in [3.05, 3.63) is 64.3 Å². The first-order valence-corrected chi connectivity index (χ1v) is 10.3. The van der Waals surface area contributed by atoms with Crippen molar-refractivity contribution in [2.45, 2.75) is 25.4 Å². The molecule has 0 amide bonds. The van der Waals surface area contributed by atoms with Crippen LogP contribution in [0.2, 0.25) is 0 Å². The van der Waals surface area contributed by atoms with Crippen LogP contribution in [0.5, 0.6) is 11.5 Å². The van der Waals surface area contributed by atoms with Gasteiger partial charge < -0.3 is 19.0 Å². The zero-order chi connectivity index (χ0) is 20.7. The summed E-state index contributed by atoms with van der Waals surface area (Å²) in [7, 11) is 3.39. The van der Waals surface area contributed by atoms with E-state index in [0.29, 0.717) is 23.2 Å². The number of imidazole rings is 1. The van der Waals surface area contributed by atoms with Crippen molar-refractivity contribution in [1.82, 2.24) is 19.4 Å². The smallest absolute Gasteiger partial charge is 0.261 e. The van der Waals surface area contributed by atoms with Gasteiger partial charge in [-0.15, -0.1) is 0 Å². The van der Waals surface area contributed by atoms with E-state index in [1.54, 1.807) is 26.6 Å². The lowest BCUT2D eigenvalue weighted by Gasteiger charge is -2.43. The van der Waals surface area contributed by atoms with Crippen molar-refractivity contribution in [2.24, 2.45) is 5.92 Å². The van der Waals surface area contributed by atoms with Crippen molar-refractivity contribution < 1.29 is 9.47 Å². The summed E-state index contributed by atoms with van der Waals surface area (Å²) in [4.78, 5) is 22.9. The van der Waals surface area contributed by atoms with Gasteiger partial charge in [-0.1, -0.05) is 0 Å². The van der Waals surface area contributed by atoms with Crippen LogP contribution in [0, 0.1) is 5.92 Å². The highest BCUT2D eigenvalue weighted by atomic mass is 16.5. The van der Waals surface area contributed by atoms with Crippen LogP contribution in [-0.4, -0.2) is 46.7 Å². The van der Waals surface area contributed by atoms with E-state index in [1.807, 2.05) is 22.8 Å². The molecule has 3 aromatic rings. The lowest BCUT2D eigenvalue weighted by molar-refractivity contribution is 0.113. The Balaban J connectivity index is 1.41. The van der Waals surface area contributed by atoms with Crippen LogP contribution in [-0.2, 0) is 13.1 Å². The van der Waals surface area contributed by atoms with E-state index >= 15 is 0 Å². The molecular formula is C23H26N4O3. The van der Waals surface area contributed by atoms with E-state index in [4.69, 9.17) is 9.47 Å². The molecule has 1 saturated heterocycles. The molecule has 2 atom stereocenters. The van der Waals surface area contributed by atoms with Crippen LogP contribution in [0.15, 0.2) is 47.5 Å². The molecule has 7 heteroatoms. The van der Waals surface area contributed by atoms with Crippen LogP contribution in [0.3, 0.4) is 0 Å². The van der Waals surface area contributed by atoms with E-state index in [0.717, 1.165) is 55.4 Å². The maximum atomic E-state index is 13.1. The first kappa shape index (κ1) is 18.9. The molecule has 30 heavy (non-hydrogen) atoms. The van der Waals surface area contributed by atoms with Crippen molar-refractivity contribution in [2.75, 3.05) is 27.3 Å². The second-order valence-electron chi connectivity index (χ2n) is 8.20. The number of benzene rings is 1. The zero-order valence-corrected chi connectivity index (χ0v) is 17.3. The number of nitrogens with zero attached hydrogens (tertiary/aromatic N) is 3. The maximum Gasteiger partial charge on any atom is 0.261 e. The number of aromatic amines is 1. The summed E-state index contributed by atoms with van der Waals surface area (Å²) >= 11 is 0. The van der Waals surface area contributed by atoms with Crippen LogP contribution in [0.25, 0.3) is 11.4 Å². The first-order chi connectivity index (χ1) is 14.7. The van der Waals surface area contributed by atoms with Crippen LogP contribution >= 0.6 is 0 Å². The molecule has 0 radical (unpaired) electrons. The number of aromatic nitrogens is 3. The number of likely N-dealkylation sites (tertiary alicyclic amines) is 1. The number of pyridine rings is 1. The zero-order valence-electron chi connectivity index (χ0n) is 17.3. The molecule has 7 nitrogen and oxygen atoms in total. The molecule has 1 fully saturated rings. The summed E-state index contributed by atoms with van der Waals surface area (Å²) in [6.45, 7) is 3.46. The average Bonchev–Trinajstić information content (AvgIpc) is 3.29. The van der Waals surface area contributed by atoms with E-state index in [-0.39, 0.29) is 5.56 Å². The Labute approximate surface area is 175 Å². The number of rotatable bonds is 5. The maximum absolute atomic E-state index is 13.1. The Morgan fingerprint density at radius 2 is 2.03 bits per heavy atom. The minimum atomic E-state index is 0.0556. The predicted molar refractivity (Wildman–Crippen MR) is 114 cm³/mol. The number of methoxy groups -OCH3 is 2. The van der Waals surface area contributed by atoms with Gasteiger partial charge in [0, 0.05) is 55.7 Å². The van der Waals surface area contributed by atoms with Gasteiger partial charge in [0.2, 0.25) is 0 Å². The number of H-pyrrole nitrogens is 1. The molecule has 0 saturated carbocycles. The molecule has 5 rings (SSSR count). The summed E-state index contributed by atoms with van der Waals surface area (Å²) in [6.07, 6.45) is 4.56. The van der Waals surface area contributed by atoms with Gasteiger partial charge in [-0.25, -0.2) is 4.98 Å². The summed E-state index contributed by atoms with van der Waals surface area (Å²) < 4.78 is 12.9. The van der Waals surface area contributed by atoms with Crippen molar-refractivity contribution in [1.29, 1.82) is 0 Å². The minimum Gasteiger partial charge on any atom is -0.497 e. The molecule has 2 aliphatic heterocycles. The molecule has 1 N–H and O–H groups in total. The topological polar surface area (TPSA) is 72.4 Å². The Morgan fingerprint density at radius 1 is 1.13 bits per heavy atom. The van der Waals surface area contributed by atoms with Crippen LogP contribution < -0.4 is 15.0 Å². The van der Waals surface area contributed by atoms with Crippen LogP contribution in [0.1, 0.15) is 23.6 Å². The number of ether oxygens (including phenoxy) is 2. The van der Waals surface area contributed by atoms with E-state index in [1.165, 1.54) is 0 Å². The fourth-order valence-corrected chi connectivity index (χ4v) is 5.01. The molecule has 2 aliphatic rings. The normalized spacial score (nSPS) is 20.6. The fourth-order valence-electron chi connectivity index (χ4n) is 5.01. The molecule has 1 aromatic carbocycles. The van der Waals surface area contributed by atoms with Gasteiger partial charge in [0.15, 0.2) is 0 Å². The van der Waals surface area contributed by atoms with Gasteiger partial charge in [-0.05, 0) is 42.7 Å². The van der Waals surface area contributed by atoms with E-state index in [2.05, 4.69) is 27.0 Å². The number of piperidine rings is 1. The molecule has 0 spiro atoms. The average molecular weight is 406 g/mol. The van der Waals surface area contributed by atoms with Crippen molar-refractivity contribution >= 4 is 0 Å². The Morgan fingerprint density at radius 3 is 2.80 bits per heavy atom. The standard InChI is InChI=1S/C23H26N4O3/c1-29-18-3-6-21(30-2)17(10-18)14-26-11-15-9-16(13-26)20-5-4-19(22-24-7-8-25-22)23(28)27(20)12-15/h3-8,10,15-16H,9,11-14H2,1-2H3,(H,24,25)/t15-,16+/m0/s1. The number of hydrogen-bond donors (Lipinski definition) is 1. The van der Waals surface area contributed by atoms with E-state index in [9.17, 15) is 4.79 Å². The summed E-state index contributed by atoms with van der Waals surface area (Å²) in [5.41, 5.74) is 2.96. The number of nitrogens with one attached hydrogen (secondary N) is 1. The summed E-state index contributed by atoms with van der Waals surface area (Å²) in [6, 6.07) is 9.96. The van der Waals surface area contributed by atoms with Gasteiger partial charge in [0.25, 0.3) is 5.56 Å². The predicted octanol–water partition coefficient (Wildman–Crippen LogP) is 2.87. The van der Waals surface area contributed by atoms with Gasteiger partial charge >= 0.3 is 0 Å². The minimum absolute atomic E-state index is 0.0556. The highest BCUT2D eigenvalue weighted by molar-refractivity contribution is 5.53. The highest BCUT2D eigenvalue weighted by Gasteiger charge is 2.35. The third-order valence-corrected chi connectivity index (χ3v) is 6.31. The largest absolute Gasteiger partial charge is 0.497 e. The second kappa shape index (κ2) is 7.65. The molecule has 156 valence electrons. The lowest BCUT2D eigenvalue weighted by atomic mass is 9.82. The lowest BCUT2D eigenvalue weighted by Crippen LogP contribution is -2.47. The summed E-state index contributed by atoms with van der Waals surface area (Å²) in [5.74, 6) is 3.17. The number of hydrogen-bond acceptors (Lipinski definition) is 5. The van der Waals surface area contributed by atoms with Crippen molar-refractivity contribution in [3.8, 4) is 22.9 Å². The fraction of sp³-hybridized carbons (Fsp3) is 0.391. The molecular weight excluding hydrogens is 380 g/mol. The molecule has 4 heterocycles. The van der Waals surface area contributed by atoms with Gasteiger partial charge in [0.1, 0.15) is 17.3 Å². The SMILES string of the molecule is COc1ccc(OC)c(CN2C[C@@H]3C[C@H](C2)c2ccc(-c4ncc[nH]4)c(=O)n2C3)c1. The molecule has 2 bridgehead atoms. The van der Waals surface area contributed by atoms with E-state index < -0.39 is 0 Å². The first-order valence-electron chi connectivity index (χ1n) is 10.3. The summed E-state index contributed by atoms with van der Waals surface area (Å²) in [5, 5.41) is 0. The number of fused-ring (bicyclic) bond motifs is 4. The third kappa shape index (κ3) is 3.29. The van der Waals surface area contributed by atoms with Crippen LogP contribution in [0.4, 0.5) is 0 Å². The Kier molecular flexibility index (Phi) is 4.83. The molecule has 0 aliphatic carbocycles. The van der Waals surface area contributed by atoms with Gasteiger partial charge in [-0.3, -0.25) is 9.69 Å². The third-order valence-electron chi connectivity index (χ3n) is 6.31.